The van der Waals surface area contributed by atoms with Gasteiger partial charge in [-0.1, -0.05) is 83.0 Å². The Morgan fingerprint density at radius 2 is 1.63 bits per heavy atom. The second kappa shape index (κ2) is 14.7. The molecule has 4 nitrogen and oxygen atoms in total. The van der Waals surface area contributed by atoms with Gasteiger partial charge >= 0.3 is 0 Å². The molecular weight excluding hydrogens is 506 g/mol. The molecule has 41 heavy (non-hydrogen) atoms. The molecular formula is C37H57NO3. The average Bonchev–Trinajstić information content (AvgIpc) is 2.94. The van der Waals surface area contributed by atoms with Crippen LogP contribution in [0.2, 0.25) is 0 Å². The third-order valence-electron chi connectivity index (χ3n) is 9.53. The maximum atomic E-state index is 13.6. The Balaban J connectivity index is 1.91. The van der Waals surface area contributed by atoms with Crippen molar-refractivity contribution in [2.45, 2.75) is 123 Å². The van der Waals surface area contributed by atoms with Gasteiger partial charge in [0.1, 0.15) is 5.75 Å². The quantitative estimate of drug-likeness (QED) is 0.235. The molecule has 4 heteroatoms. The van der Waals surface area contributed by atoms with E-state index in [-0.39, 0.29) is 22.7 Å². The van der Waals surface area contributed by atoms with E-state index in [4.69, 9.17) is 4.74 Å². The van der Waals surface area contributed by atoms with E-state index in [2.05, 4.69) is 61.2 Å². The molecule has 1 aliphatic rings. The minimum atomic E-state index is -0.671. The maximum Gasteiger partial charge on any atom is 0.225 e. The van der Waals surface area contributed by atoms with Gasteiger partial charge < -0.3 is 14.7 Å². The van der Waals surface area contributed by atoms with Crippen LogP contribution in [0.15, 0.2) is 54.6 Å². The summed E-state index contributed by atoms with van der Waals surface area (Å²) in [6, 6.07) is 19.3. The van der Waals surface area contributed by atoms with Crippen molar-refractivity contribution in [1.29, 1.82) is 0 Å². The third kappa shape index (κ3) is 9.60. The largest absolute Gasteiger partial charge is 0.497 e. The Kier molecular flexibility index (Phi) is 11.9. The summed E-state index contributed by atoms with van der Waals surface area (Å²) in [5.74, 6) is 1.69. The van der Waals surface area contributed by atoms with Crippen molar-refractivity contribution >= 4 is 5.91 Å². The van der Waals surface area contributed by atoms with Crippen LogP contribution in [0.1, 0.15) is 117 Å². The fourth-order valence-corrected chi connectivity index (χ4v) is 7.24. The standard InChI is InChI=1S/C37H57NO3/c1-8-13-30(4)26-37(32-14-10-9-11-15-32)24-22-36(23-25-37,21-12-20-35(5,6)40)28-38(34(39)29(2)3)27-31-16-18-33(41-7)19-17-31/h9-11,14-19,29-30,40H,8,12-13,20-28H2,1-7H3. The molecule has 1 N–H and O–H groups in total. The van der Waals surface area contributed by atoms with Crippen LogP contribution in [-0.2, 0) is 16.8 Å². The topological polar surface area (TPSA) is 49.8 Å². The highest BCUT2D eigenvalue weighted by Gasteiger charge is 2.45. The smallest absolute Gasteiger partial charge is 0.225 e. The van der Waals surface area contributed by atoms with Crippen LogP contribution in [0.3, 0.4) is 0 Å². The van der Waals surface area contributed by atoms with Crippen molar-refractivity contribution in [3.8, 4) is 5.75 Å². The number of aliphatic hydroxyl groups is 1. The lowest BCUT2D eigenvalue weighted by Crippen LogP contribution is -2.47. The van der Waals surface area contributed by atoms with E-state index in [0.717, 1.165) is 62.8 Å². The lowest BCUT2D eigenvalue weighted by molar-refractivity contribution is -0.137. The summed E-state index contributed by atoms with van der Waals surface area (Å²) in [4.78, 5) is 15.8. The van der Waals surface area contributed by atoms with Gasteiger partial charge in [-0.2, -0.15) is 0 Å². The number of hydrogen-bond donors (Lipinski definition) is 1. The van der Waals surface area contributed by atoms with Crippen molar-refractivity contribution < 1.29 is 14.6 Å². The van der Waals surface area contributed by atoms with Gasteiger partial charge in [0.15, 0.2) is 0 Å². The van der Waals surface area contributed by atoms with E-state index >= 15 is 0 Å². The predicted molar refractivity (Wildman–Crippen MR) is 171 cm³/mol. The Morgan fingerprint density at radius 1 is 1.00 bits per heavy atom. The molecule has 0 bridgehead atoms. The Hall–Kier alpha value is -2.33. The third-order valence-corrected chi connectivity index (χ3v) is 9.53. The van der Waals surface area contributed by atoms with Crippen LogP contribution < -0.4 is 4.74 Å². The fourth-order valence-electron chi connectivity index (χ4n) is 7.24. The van der Waals surface area contributed by atoms with E-state index in [1.807, 2.05) is 39.8 Å². The summed E-state index contributed by atoms with van der Waals surface area (Å²) < 4.78 is 5.37. The summed E-state index contributed by atoms with van der Waals surface area (Å²) in [5, 5.41) is 10.5. The minimum absolute atomic E-state index is 0.0501. The first-order valence-corrected chi connectivity index (χ1v) is 16.1. The van der Waals surface area contributed by atoms with E-state index in [9.17, 15) is 9.90 Å². The molecule has 2 aromatic carbocycles. The van der Waals surface area contributed by atoms with E-state index in [1.165, 1.54) is 24.8 Å². The van der Waals surface area contributed by atoms with Crippen LogP contribution in [0.5, 0.6) is 5.75 Å². The van der Waals surface area contributed by atoms with Gasteiger partial charge in [0, 0.05) is 19.0 Å². The molecule has 3 rings (SSSR count). The molecule has 0 heterocycles. The molecule has 228 valence electrons. The lowest BCUT2D eigenvalue weighted by Gasteiger charge is -2.50. The number of rotatable bonds is 15. The molecule has 1 unspecified atom stereocenters. The molecule has 0 aliphatic heterocycles. The first-order valence-electron chi connectivity index (χ1n) is 16.1. The molecule has 0 spiro atoms. The van der Waals surface area contributed by atoms with E-state index in [1.54, 1.807) is 7.11 Å². The van der Waals surface area contributed by atoms with Gasteiger partial charge in [0.05, 0.1) is 12.7 Å². The molecule has 2 aromatic rings. The normalized spacial score (nSPS) is 22.0. The Bertz CT molecular complexity index is 1050. The van der Waals surface area contributed by atoms with Gasteiger partial charge in [0.25, 0.3) is 0 Å². The molecule has 1 aliphatic carbocycles. The van der Waals surface area contributed by atoms with Crippen molar-refractivity contribution in [2.75, 3.05) is 13.7 Å². The summed E-state index contributed by atoms with van der Waals surface area (Å²) in [5.41, 5.74) is 2.19. The number of nitrogens with zero attached hydrogens (tertiary/aromatic N) is 1. The van der Waals surface area contributed by atoms with Gasteiger partial charge in [-0.15, -0.1) is 0 Å². The molecule has 0 saturated heterocycles. The van der Waals surface area contributed by atoms with Crippen LogP contribution in [0.25, 0.3) is 0 Å². The first-order chi connectivity index (χ1) is 19.4. The number of hydrogen-bond acceptors (Lipinski definition) is 3. The monoisotopic (exact) mass is 563 g/mol. The zero-order valence-corrected chi connectivity index (χ0v) is 27.0. The minimum Gasteiger partial charge on any atom is -0.497 e. The van der Waals surface area contributed by atoms with Crippen LogP contribution >= 0.6 is 0 Å². The lowest BCUT2D eigenvalue weighted by atomic mass is 9.57. The van der Waals surface area contributed by atoms with Gasteiger partial charge in [-0.3, -0.25) is 4.79 Å². The highest BCUT2D eigenvalue weighted by Crippen LogP contribution is 2.53. The molecule has 1 amide bonds. The number of carbonyl (C=O) groups is 1. The van der Waals surface area contributed by atoms with E-state index in [0.29, 0.717) is 12.5 Å². The number of ether oxygens (including phenoxy) is 1. The van der Waals surface area contributed by atoms with Crippen molar-refractivity contribution in [3.05, 3.63) is 65.7 Å². The zero-order valence-electron chi connectivity index (χ0n) is 27.0. The number of methoxy groups -OCH3 is 1. The highest BCUT2D eigenvalue weighted by molar-refractivity contribution is 5.78. The van der Waals surface area contributed by atoms with E-state index < -0.39 is 5.60 Å². The highest BCUT2D eigenvalue weighted by atomic mass is 16.5. The zero-order chi connectivity index (χ0) is 30.1. The summed E-state index contributed by atoms with van der Waals surface area (Å²) >= 11 is 0. The maximum absolute atomic E-state index is 13.6. The summed E-state index contributed by atoms with van der Waals surface area (Å²) in [7, 11) is 1.68. The number of amides is 1. The fraction of sp³-hybridized carbons (Fsp3) is 0.649. The van der Waals surface area contributed by atoms with Crippen molar-refractivity contribution in [2.24, 2.45) is 17.3 Å². The van der Waals surface area contributed by atoms with Crippen LogP contribution in [0, 0.1) is 17.3 Å². The second-order valence-electron chi connectivity index (χ2n) is 14.1. The molecule has 0 aromatic heterocycles. The number of benzene rings is 2. The molecule has 0 radical (unpaired) electrons. The van der Waals surface area contributed by atoms with Gasteiger partial charge in [-0.25, -0.2) is 0 Å². The van der Waals surface area contributed by atoms with Crippen LogP contribution in [0.4, 0.5) is 0 Å². The molecule has 1 fully saturated rings. The van der Waals surface area contributed by atoms with Crippen molar-refractivity contribution in [1.82, 2.24) is 4.90 Å². The molecule has 1 saturated carbocycles. The first kappa shape index (κ1) is 33.2. The predicted octanol–water partition coefficient (Wildman–Crippen LogP) is 8.95. The second-order valence-corrected chi connectivity index (χ2v) is 14.1. The van der Waals surface area contributed by atoms with Gasteiger partial charge in [-0.05, 0) is 105 Å². The van der Waals surface area contributed by atoms with Crippen molar-refractivity contribution in [3.63, 3.8) is 0 Å². The summed E-state index contributed by atoms with van der Waals surface area (Å²) in [6.45, 7) is 14.0. The average molecular weight is 564 g/mol. The molecule has 1 atom stereocenters. The van der Waals surface area contributed by atoms with Gasteiger partial charge in [0.2, 0.25) is 5.91 Å². The SMILES string of the molecule is CCCC(C)CC1(c2ccccc2)CCC(CCCC(C)(C)O)(CN(Cc2ccc(OC)cc2)C(=O)C(C)C)CC1. The van der Waals surface area contributed by atoms with Crippen LogP contribution in [-0.4, -0.2) is 35.2 Å². The summed E-state index contributed by atoms with van der Waals surface area (Å²) in [6.07, 6.45) is 11.0. The Morgan fingerprint density at radius 3 is 2.17 bits per heavy atom. The Labute approximate surface area is 250 Å². The number of carbonyl (C=O) groups excluding carboxylic acids is 1.